The van der Waals surface area contributed by atoms with E-state index in [1.165, 1.54) is 6.07 Å². The summed E-state index contributed by atoms with van der Waals surface area (Å²) in [7, 11) is 0. The average Bonchev–Trinajstić information content (AvgIpc) is 1.83. The molecule has 0 bridgehead atoms. The number of hydrogen-bond acceptors (Lipinski definition) is 3. The van der Waals surface area contributed by atoms with Gasteiger partial charge in [-0.15, -0.1) is 0 Å². The van der Waals surface area contributed by atoms with Crippen molar-refractivity contribution in [1.82, 2.24) is 0 Å². The molecule has 0 aliphatic heterocycles. The second kappa shape index (κ2) is 2.86. The van der Waals surface area contributed by atoms with E-state index in [-0.39, 0.29) is 15.8 Å². The summed E-state index contributed by atoms with van der Waals surface area (Å²) in [6, 6.07) is 3.42. The van der Waals surface area contributed by atoms with E-state index in [4.69, 9.17) is 19.0 Å². The van der Waals surface area contributed by atoms with Gasteiger partial charge in [0, 0.05) is 0 Å². The topological polar surface area (TPSA) is 104 Å². The molecular formula is C6H8AsNO4. The molecule has 0 amide bonds. The van der Waals surface area contributed by atoms with Crippen LogP contribution in [-0.4, -0.2) is 27.5 Å². The van der Waals surface area contributed by atoms with Crippen LogP contribution in [0.5, 0.6) is 5.75 Å². The van der Waals surface area contributed by atoms with Gasteiger partial charge in [0.2, 0.25) is 0 Å². The SMILES string of the molecule is Nc1cc(O)ccc1[As](=O)(O)O. The Hall–Kier alpha value is -0.902. The van der Waals surface area contributed by atoms with E-state index in [0.717, 1.165) is 12.1 Å². The molecule has 1 rings (SSSR count). The van der Waals surface area contributed by atoms with Crippen LogP contribution in [0.4, 0.5) is 5.69 Å². The summed E-state index contributed by atoms with van der Waals surface area (Å²) in [5, 5.41) is 8.88. The molecule has 66 valence electrons. The molecular weight excluding hydrogens is 225 g/mol. The van der Waals surface area contributed by atoms with E-state index in [1.807, 2.05) is 0 Å². The third-order valence-electron chi connectivity index (χ3n) is 1.32. The normalized spacial score (nSPS) is 11.5. The Bertz CT molecular complexity index is 345. The van der Waals surface area contributed by atoms with Crippen molar-refractivity contribution in [1.29, 1.82) is 0 Å². The summed E-state index contributed by atoms with van der Waals surface area (Å²) in [4.78, 5) is 0. The maximum atomic E-state index is 10.8. The Kier molecular flexibility index (Phi) is 2.19. The molecule has 0 radical (unpaired) electrons. The first-order valence-corrected chi connectivity index (χ1v) is 6.44. The Morgan fingerprint density at radius 1 is 1.33 bits per heavy atom. The molecule has 0 saturated heterocycles. The number of hydrogen-bond donors (Lipinski definition) is 4. The van der Waals surface area contributed by atoms with Crippen molar-refractivity contribution in [2.24, 2.45) is 0 Å². The fourth-order valence-corrected chi connectivity index (χ4v) is 2.21. The summed E-state index contributed by atoms with van der Waals surface area (Å²) in [6.07, 6.45) is 0. The third kappa shape index (κ3) is 1.82. The second-order valence-electron chi connectivity index (χ2n) is 2.29. The molecule has 0 aliphatic rings. The van der Waals surface area contributed by atoms with Gasteiger partial charge < -0.3 is 0 Å². The van der Waals surface area contributed by atoms with Gasteiger partial charge in [-0.25, -0.2) is 0 Å². The van der Waals surface area contributed by atoms with Gasteiger partial charge in [0.1, 0.15) is 0 Å². The van der Waals surface area contributed by atoms with Crippen molar-refractivity contribution >= 4 is 24.2 Å². The van der Waals surface area contributed by atoms with Crippen LogP contribution in [0.3, 0.4) is 0 Å². The molecule has 0 heterocycles. The number of anilines is 1. The zero-order valence-electron chi connectivity index (χ0n) is 6.01. The molecule has 0 aromatic heterocycles. The summed E-state index contributed by atoms with van der Waals surface area (Å²) in [6.45, 7) is 0. The van der Waals surface area contributed by atoms with Crippen molar-refractivity contribution in [2.45, 2.75) is 0 Å². The van der Waals surface area contributed by atoms with Crippen LogP contribution in [0.1, 0.15) is 0 Å². The van der Waals surface area contributed by atoms with Gasteiger partial charge in [-0.05, 0) is 0 Å². The van der Waals surface area contributed by atoms with Crippen molar-refractivity contribution < 1.29 is 17.0 Å². The maximum absolute atomic E-state index is 10.8. The van der Waals surface area contributed by atoms with E-state index in [0.29, 0.717) is 0 Å². The van der Waals surface area contributed by atoms with E-state index >= 15 is 0 Å². The van der Waals surface area contributed by atoms with Gasteiger partial charge in [0.15, 0.2) is 0 Å². The summed E-state index contributed by atoms with van der Waals surface area (Å²) < 4.78 is 28.1. The molecule has 0 saturated carbocycles. The number of nitrogens with two attached hydrogens (primary N) is 1. The molecule has 0 spiro atoms. The molecule has 6 heteroatoms. The number of phenols is 1. The van der Waals surface area contributed by atoms with Crippen LogP contribution < -0.4 is 10.1 Å². The average molecular weight is 233 g/mol. The number of benzene rings is 1. The van der Waals surface area contributed by atoms with Crippen molar-refractivity contribution in [3.63, 3.8) is 0 Å². The Morgan fingerprint density at radius 3 is 2.33 bits per heavy atom. The van der Waals surface area contributed by atoms with Crippen LogP contribution in [0, 0.1) is 0 Å². The number of phenolic OH excluding ortho intramolecular Hbond substituents is 1. The van der Waals surface area contributed by atoms with Gasteiger partial charge in [0.25, 0.3) is 0 Å². The van der Waals surface area contributed by atoms with Crippen molar-refractivity contribution in [2.75, 3.05) is 5.73 Å². The quantitative estimate of drug-likeness (QED) is 0.350. The zero-order valence-corrected chi connectivity index (χ0v) is 7.88. The monoisotopic (exact) mass is 233 g/mol. The molecule has 1 aromatic rings. The van der Waals surface area contributed by atoms with Crippen LogP contribution in [0.25, 0.3) is 0 Å². The number of nitrogen functional groups attached to an aromatic ring is 1. The van der Waals surface area contributed by atoms with Crippen molar-refractivity contribution in [3.8, 4) is 5.75 Å². The van der Waals surface area contributed by atoms with Crippen LogP contribution in [0.2, 0.25) is 0 Å². The Labute approximate surface area is 71.5 Å². The van der Waals surface area contributed by atoms with E-state index < -0.39 is 14.2 Å². The minimum atomic E-state index is -4.91. The molecule has 0 unspecified atom stereocenters. The minimum absolute atomic E-state index is 0.0810. The fourth-order valence-electron chi connectivity index (χ4n) is 0.807. The summed E-state index contributed by atoms with van der Waals surface area (Å²) in [5.41, 5.74) is 5.19. The number of aromatic hydroxyl groups is 1. The van der Waals surface area contributed by atoms with Gasteiger partial charge in [-0.3, -0.25) is 0 Å². The molecule has 5 N–H and O–H groups in total. The molecule has 12 heavy (non-hydrogen) atoms. The molecule has 0 fully saturated rings. The van der Waals surface area contributed by atoms with Crippen LogP contribution >= 0.6 is 0 Å². The molecule has 1 aromatic carbocycles. The fraction of sp³-hybridized carbons (Fsp3) is 0. The molecule has 0 aliphatic carbocycles. The zero-order chi connectivity index (χ0) is 9.35. The van der Waals surface area contributed by atoms with Gasteiger partial charge in [-0.2, -0.15) is 0 Å². The standard InChI is InChI=1S/C6H8AsNO4/c8-6-3-4(9)1-2-5(6)7(10,11)12/h1-3,9H,8H2,(H2,10,11,12). The van der Waals surface area contributed by atoms with E-state index in [2.05, 4.69) is 0 Å². The van der Waals surface area contributed by atoms with Crippen molar-refractivity contribution in [3.05, 3.63) is 18.2 Å². The Morgan fingerprint density at radius 2 is 1.92 bits per heavy atom. The van der Waals surface area contributed by atoms with E-state index in [1.54, 1.807) is 0 Å². The molecule has 0 atom stereocenters. The molecule has 5 nitrogen and oxygen atoms in total. The van der Waals surface area contributed by atoms with Crippen LogP contribution in [0.15, 0.2) is 18.2 Å². The Balaban J connectivity index is 3.28. The first-order valence-electron chi connectivity index (χ1n) is 3.06. The predicted octanol–water partition coefficient (Wildman–Crippen LogP) is -1.46. The van der Waals surface area contributed by atoms with Gasteiger partial charge >= 0.3 is 70.9 Å². The number of rotatable bonds is 1. The summed E-state index contributed by atoms with van der Waals surface area (Å²) in [5.74, 6) is -0.111. The predicted molar refractivity (Wildman–Crippen MR) is 43.0 cm³/mol. The third-order valence-corrected chi connectivity index (χ3v) is 3.50. The second-order valence-corrected chi connectivity index (χ2v) is 5.58. The van der Waals surface area contributed by atoms with Gasteiger partial charge in [0.05, 0.1) is 0 Å². The summed E-state index contributed by atoms with van der Waals surface area (Å²) >= 11 is -4.91. The first kappa shape index (κ1) is 9.19. The van der Waals surface area contributed by atoms with E-state index in [9.17, 15) is 3.74 Å². The first-order chi connectivity index (χ1) is 5.41. The van der Waals surface area contributed by atoms with Gasteiger partial charge in [-0.1, -0.05) is 0 Å². The van der Waals surface area contributed by atoms with Crippen LogP contribution in [-0.2, 0) is 3.74 Å².